The Labute approximate surface area is 190 Å². The molecule has 0 atom stereocenters. The number of phenolic OH excluding ortho intramolecular Hbond substituents is 1. The number of benzene rings is 2. The third-order valence-corrected chi connectivity index (χ3v) is 5.61. The third-order valence-electron chi connectivity index (χ3n) is 4.52. The first-order chi connectivity index (χ1) is 14.5. The van der Waals surface area contributed by atoms with Gasteiger partial charge in [-0.25, -0.2) is 9.98 Å². The van der Waals surface area contributed by atoms with Gasteiger partial charge in [-0.3, -0.25) is 4.40 Å². The van der Waals surface area contributed by atoms with Gasteiger partial charge >= 0.3 is 0 Å². The monoisotopic (exact) mass is 529 g/mol. The van der Waals surface area contributed by atoms with Crippen molar-refractivity contribution in [2.75, 3.05) is 14.2 Å². The Morgan fingerprint density at radius 3 is 2.53 bits per heavy atom. The van der Waals surface area contributed by atoms with Crippen LogP contribution in [0.15, 0.2) is 68.7 Å². The first-order valence-electron chi connectivity index (χ1n) is 8.92. The van der Waals surface area contributed by atoms with E-state index >= 15 is 0 Å². The number of phenols is 1. The van der Waals surface area contributed by atoms with Crippen LogP contribution >= 0.6 is 31.9 Å². The number of aromatic hydroxyl groups is 1. The van der Waals surface area contributed by atoms with Crippen LogP contribution in [-0.4, -0.2) is 34.9 Å². The van der Waals surface area contributed by atoms with Crippen LogP contribution in [-0.2, 0) is 0 Å². The molecule has 0 saturated carbocycles. The number of ether oxygens (including phenoxy) is 2. The van der Waals surface area contributed by atoms with Crippen LogP contribution in [0.3, 0.4) is 0 Å². The summed E-state index contributed by atoms with van der Waals surface area (Å²) in [6, 6.07) is 14.7. The van der Waals surface area contributed by atoms with Crippen LogP contribution < -0.4 is 9.47 Å². The van der Waals surface area contributed by atoms with Gasteiger partial charge in [0.2, 0.25) is 0 Å². The molecule has 30 heavy (non-hydrogen) atoms. The van der Waals surface area contributed by atoms with E-state index in [9.17, 15) is 5.11 Å². The average molecular weight is 531 g/mol. The van der Waals surface area contributed by atoms with Gasteiger partial charge in [-0.1, -0.05) is 0 Å². The van der Waals surface area contributed by atoms with Crippen molar-refractivity contribution in [1.29, 1.82) is 0 Å². The van der Waals surface area contributed by atoms with Crippen molar-refractivity contribution in [1.82, 2.24) is 9.38 Å². The highest BCUT2D eigenvalue weighted by Crippen LogP contribution is 2.36. The van der Waals surface area contributed by atoms with Gasteiger partial charge in [0.1, 0.15) is 17.1 Å². The van der Waals surface area contributed by atoms with Crippen LogP contribution in [0.5, 0.6) is 17.2 Å². The van der Waals surface area contributed by atoms with E-state index in [-0.39, 0.29) is 5.75 Å². The minimum Gasteiger partial charge on any atom is -0.504 e. The van der Waals surface area contributed by atoms with Gasteiger partial charge in [0.05, 0.1) is 18.7 Å². The molecule has 6 nitrogen and oxygen atoms in total. The molecule has 1 N–H and O–H groups in total. The molecule has 0 fully saturated rings. The number of hydrogen-bond acceptors (Lipinski definition) is 5. The molecule has 0 aliphatic carbocycles. The average Bonchev–Trinajstić information content (AvgIpc) is 3.10. The molecule has 0 unspecified atom stereocenters. The van der Waals surface area contributed by atoms with Crippen LogP contribution in [0.2, 0.25) is 0 Å². The molecule has 2 aromatic carbocycles. The van der Waals surface area contributed by atoms with Crippen molar-refractivity contribution < 1.29 is 14.6 Å². The molecule has 2 aromatic heterocycles. The van der Waals surface area contributed by atoms with Gasteiger partial charge < -0.3 is 14.6 Å². The number of aliphatic imine (C=N–C) groups is 1. The molecule has 0 spiro atoms. The number of pyridine rings is 1. The quantitative estimate of drug-likeness (QED) is 0.321. The predicted octanol–water partition coefficient (Wildman–Crippen LogP) is 6.00. The number of aromatic nitrogens is 2. The topological polar surface area (TPSA) is 68.4 Å². The van der Waals surface area contributed by atoms with Crippen LogP contribution in [0, 0.1) is 0 Å². The maximum absolute atomic E-state index is 9.95. The molecule has 0 bridgehead atoms. The number of nitrogens with zero attached hydrogens (tertiary/aromatic N) is 3. The lowest BCUT2D eigenvalue weighted by molar-refractivity contribution is 0.373. The van der Waals surface area contributed by atoms with Crippen molar-refractivity contribution in [3.05, 3.63) is 69.2 Å². The standard InChI is InChI=1S/C22H17Br2N3O3/c1-29-18-7-3-13(9-16(18)24)11-25-22-21(14-4-6-17(28)19(10-14)30-2)26-20-8-5-15(23)12-27(20)22/h3-12,28H,1-2H3. The normalized spacial score (nSPS) is 11.3. The first-order valence-corrected chi connectivity index (χ1v) is 10.5. The van der Waals surface area contributed by atoms with Gasteiger partial charge in [-0.15, -0.1) is 0 Å². The van der Waals surface area contributed by atoms with Crippen LogP contribution in [0.1, 0.15) is 5.56 Å². The lowest BCUT2D eigenvalue weighted by atomic mass is 10.1. The van der Waals surface area contributed by atoms with Crippen LogP contribution in [0.4, 0.5) is 5.82 Å². The molecule has 4 rings (SSSR count). The summed E-state index contributed by atoms with van der Waals surface area (Å²) < 4.78 is 14.2. The second kappa shape index (κ2) is 8.49. The third kappa shape index (κ3) is 3.93. The Hall–Kier alpha value is -2.84. The lowest BCUT2D eigenvalue weighted by Crippen LogP contribution is -1.89. The van der Waals surface area contributed by atoms with E-state index in [4.69, 9.17) is 19.5 Å². The summed E-state index contributed by atoms with van der Waals surface area (Å²) in [4.78, 5) is 9.49. The van der Waals surface area contributed by atoms with E-state index in [1.165, 1.54) is 7.11 Å². The van der Waals surface area contributed by atoms with Gasteiger partial charge in [-0.05, 0) is 86.0 Å². The Bertz CT molecular complexity index is 1270. The first kappa shape index (κ1) is 20.4. The van der Waals surface area contributed by atoms with E-state index < -0.39 is 0 Å². The fourth-order valence-corrected chi connectivity index (χ4v) is 3.94. The number of fused-ring (bicyclic) bond motifs is 1. The summed E-state index contributed by atoms with van der Waals surface area (Å²) in [5, 5.41) is 9.95. The Morgan fingerprint density at radius 1 is 1.00 bits per heavy atom. The zero-order chi connectivity index (χ0) is 21.3. The van der Waals surface area contributed by atoms with Crippen LogP contribution in [0.25, 0.3) is 16.9 Å². The number of methoxy groups -OCH3 is 2. The van der Waals surface area contributed by atoms with E-state index in [1.54, 1.807) is 31.5 Å². The smallest absolute Gasteiger partial charge is 0.165 e. The summed E-state index contributed by atoms with van der Waals surface area (Å²) in [5.74, 6) is 1.86. The summed E-state index contributed by atoms with van der Waals surface area (Å²) in [5.41, 5.74) is 3.12. The number of imidazole rings is 1. The Morgan fingerprint density at radius 2 is 1.80 bits per heavy atom. The summed E-state index contributed by atoms with van der Waals surface area (Å²) in [7, 11) is 3.14. The lowest BCUT2D eigenvalue weighted by Gasteiger charge is -2.06. The highest BCUT2D eigenvalue weighted by molar-refractivity contribution is 9.10. The molecule has 0 aliphatic heterocycles. The molecular formula is C22H17Br2N3O3. The van der Waals surface area contributed by atoms with E-state index in [0.717, 1.165) is 31.5 Å². The minimum absolute atomic E-state index is 0.0703. The number of halogens is 2. The molecule has 0 radical (unpaired) electrons. The number of hydrogen-bond donors (Lipinski definition) is 1. The van der Waals surface area contributed by atoms with E-state index in [1.807, 2.05) is 40.9 Å². The second-order valence-electron chi connectivity index (χ2n) is 6.40. The van der Waals surface area contributed by atoms with E-state index in [0.29, 0.717) is 17.3 Å². The van der Waals surface area contributed by atoms with Gasteiger partial charge in [0, 0.05) is 22.4 Å². The maximum atomic E-state index is 9.95. The fourth-order valence-electron chi connectivity index (χ4n) is 3.05. The highest BCUT2D eigenvalue weighted by Gasteiger charge is 2.15. The van der Waals surface area contributed by atoms with Crippen molar-refractivity contribution in [2.45, 2.75) is 0 Å². The zero-order valence-electron chi connectivity index (χ0n) is 16.1. The highest BCUT2D eigenvalue weighted by atomic mass is 79.9. The molecule has 2 heterocycles. The Balaban J connectivity index is 1.86. The van der Waals surface area contributed by atoms with Crippen molar-refractivity contribution in [3.8, 4) is 28.5 Å². The molecule has 0 aliphatic rings. The minimum atomic E-state index is 0.0703. The SMILES string of the molecule is COc1cc(-c2nc3ccc(Br)cn3c2N=Cc2ccc(OC)c(Br)c2)ccc1O. The summed E-state index contributed by atoms with van der Waals surface area (Å²) in [6.45, 7) is 0. The number of rotatable bonds is 5. The largest absolute Gasteiger partial charge is 0.504 e. The molecular weight excluding hydrogens is 514 g/mol. The molecule has 0 saturated heterocycles. The Kier molecular flexibility index (Phi) is 5.78. The molecule has 152 valence electrons. The van der Waals surface area contributed by atoms with Gasteiger partial charge in [0.25, 0.3) is 0 Å². The van der Waals surface area contributed by atoms with Crippen molar-refractivity contribution in [2.24, 2.45) is 4.99 Å². The van der Waals surface area contributed by atoms with Crippen molar-refractivity contribution >= 4 is 49.5 Å². The summed E-state index contributed by atoms with van der Waals surface area (Å²) in [6.07, 6.45) is 3.69. The zero-order valence-corrected chi connectivity index (χ0v) is 19.3. The van der Waals surface area contributed by atoms with Gasteiger partial charge in [0.15, 0.2) is 17.3 Å². The molecule has 8 heteroatoms. The second-order valence-corrected chi connectivity index (χ2v) is 8.17. The van der Waals surface area contributed by atoms with E-state index in [2.05, 4.69) is 31.9 Å². The maximum Gasteiger partial charge on any atom is 0.165 e. The predicted molar refractivity (Wildman–Crippen MR) is 124 cm³/mol. The van der Waals surface area contributed by atoms with Crippen molar-refractivity contribution in [3.63, 3.8) is 0 Å². The molecule has 4 aromatic rings. The molecule has 0 amide bonds. The fraction of sp³-hybridized carbons (Fsp3) is 0.0909. The summed E-state index contributed by atoms with van der Waals surface area (Å²) >= 11 is 7.01. The van der Waals surface area contributed by atoms with Gasteiger partial charge in [-0.2, -0.15) is 0 Å².